The summed E-state index contributed by atoms with van der Waals surface area (Å²) in [5.41, 5.74) is 4.09. The summed E-state index contributed by atoms with van der Waals surface area (Å²) in [5.74, 6) is 0.867. The number of para-hydroxylation sites is 2. The lowest BCUT2D eigenvalue weighted by Crippen LogP contribution is -2.01. The molecule has 0 spiro atoms. The maximum Gasteiger partial charge on any atom is 0.134 e. The molecular weight excluding hydrogens is 363 g/mol. The molecule has 0 saturated carbocycles. The van der Waals surface area contributed by atoms with Crippen molar-refractivity contribution >= 4 is 46.4 Å². The number of halogens is 2. The van der Waals surface area contributed by atoms with Crippen LogP contribution in [0.3, 0.4) is 0 Å². The molecule has 26 heavy (non-hydrogen) atoms. The topological polar surface area (TPSA) is 17.8 Å². The van der Waals surface area contributed by atoms with E-state index in [1.807, 2.05) is 66.7 Å². The maximum absolute atomic E-state index is 6.28. The molecule has 0 aliphatic heterocycles. The van der Waals surface area contributed by atoms with Crippen LogP contribution in [0.15, 0.2) is 72.8 Å². The van der Waals surface area contributed by atoms with Gasteiger partial charge in [0.25, 0.3) is 0 Å². The lowest BCUT2D eigenvalue weighted by atomic mass is 10.2. The zero-order chi connectivity index (χ0) is 17.9. The largest absolute Gasteiger partial charge is 0.320 e. The Kier molecular flexibility index (Phi) is 4.79. The monoisotopic (exact) mass is 378 g/mol. The number of hydrogen-bond acceptors (Lipinski definition) is 1. The van der Waals surface area contributed by atoms with Gasteiger partial charge in [-0.2, -0.15) is 0 Å². The molecule has 0 amide bonds. The smallest absolute Gasteiger partial charge is 0.134 e. The Hall–Kier alpha value is -2.55. The second-order valence-electron chi connectivity index (χ2n) is 6.00. The minimum Gasteiger partial charge on any atom is -0.320 e. The number of nitrogens with zero attached hydrogens (tertiary/aromatic N) is 2. The molecule has 128 valence electrons. The van der Waals surface area contributed by atoms with Crippen LogP contribution in [0.2, 0.25) is 10.0 Å². The molecule has 0 aliphatic rings. The average Bonchev–Trinajstić information content (AvgIpc) is 3.00. The van der Waals surface area contributed by atoms with E-state index in [1.165, 1.54) is 5.56 Å². The number of aromatic nitrogens is 2. The first-order valence-corrected chi connectivity index (χ1v) is 9.09. The van der Waals surface area contributed by atoms with Crippen LogP contribution in [0, 0.1) is 0 Å². The number of imidazole rings is 1. The van der Waals surface area contributed by atoms with E-state index in [0.29, 0.717) is 10.0 Å². The highest BCUT2D eigenvalue weighted by atomic mass is 35.5. The van der Waals surface area contributed by atoms with Crippen molar-refractivity contribution in [2.75, 3.05) is 0 Å². The lowest BCUT2D eigenvalue weighted by molar-refractivity contribution is 0.814. The van der Waals surface area contributed by atoms with Gasteiger partial charge in [-0.3, -0.25) is 0 Å². The van der Waals surface area contributed by atoms with E-state index in [9.17, 15) is 0 Å². The van der Waals surface area contributed by atoms with E-state index in [0.717, 1.165) is 29.0 Å². The third kappa shape index (κ3) is 3.39. The van der Waals surface area contributed by atoms with E-state index in [-0.39, 0.29) is 0 Å². The molecule has 0 saturated heterocycles. The van der Waals surface area contributed by atoms with Crippen molar-refractivity contribution in [2.24, 2.45) is 0 Å². The molecular formula is C22H16Cl2N2. The van der Waals surface area contributed by atoms with Crippen LogP contribution in [0.25, 0.3) is 23.2 Å². The van der Waals surface area contributed by atoms with Crippen molar-refractivity contribution in [3.8, 4) is 0 Å². The van der Waals surface area contributed by atoms with Crippen molar-refractivity contribution in [1.29, 1.82) is 0 Å². The van der Waals surface area contributed by atoms with Gasteiger partial charge in [0.2, 0.25) is 0 Å². The van der Waals surface area contributed by atoms with Crippen LogP contribution in [0.5, 0.6) is 0 Å². The highest BCUT2D eigenvalue weighted by molar-refractivity contribution is 6.37. The van der Waals surface area contributed by atoms with Gasteiger partial charge in [0.15, 0.2) is 0 Å². The van der Waals surface area contributed by atoms with E-state index >= 15 is 0 Å². The fourth-order valence-corrected chi connectivity index (χ4v) is 3.50. The maximum atomic E-state index is 6.28. The van der Waals surface area contributed by atoms with Gasteiger partial charge in [-0.25, -0.2) is 4.98 Å². The van der Waals surface area contributed by atoms with Gasteiger partial charge in [-0.1, -0.05) is 71.7 Å². The highest BCUT2D eigenvalue weighted by Gasteiger charge is 2.09. The van der Waals surface area contributed by atoms with Crippen LogP contribution >= 0.6 is 23.2 Å². The summed E-state index contributed by atoms with van der Waals surface area (Å²) in [7, 11) is 0. The first kappa shape index (κ1) is 16.9. The lowest BCUT2D eigenvalue weighted by Gasteiger charge is -2.07. The van der Waals surface area contributed by atoms with Crippen LogP contribution in [-0.4, -0.2) is 9.55 Å². The fourth-order valence-electron chi connectivity index (χ4n) is 2.98. The van der Waals surface area contributed by atoms with Gasteiger partial charge >= 0.3 is 0 Å². The van der Waals surface area contributed by atoms with Gasteiger partial charge in [0, 0.05) is 22.2 Å². The van der Waals surface area contributed by atoms with Gasteiger partial charge in [0.1, 0.15) is 5.82 Å². The zero-order valence-corrected chi connectivity index (χ0v) is 15.5. The van der Waals surface area contributed by atoms with Crippen molar-refractivity contribution in [1.82, 2.24) is 9.55 Å². The first-order chi connectivity index (χ1) is 12.7. The SMILES string of the molecule is Clc1cccc(Cl)c1C=Cc1nc2ccccc2n1Cc1ccccc1. The van der Waals surface area contributed by atoms with Crippen LogP contribution in [-0.2, 0) is 6.54 Å². The van der Waals surface area contributed by atoms with Gasteiger partial charge in [0.05, 0.1) is 11.0 Å². The predicted molar refractivity (Wildman–Crippen MR) is 111 cm³/mol. The zero-order valence-electron chi connectivity index (χ0n) is 13.9. The number of hydrogen-bond donors (Lipinski definition) is 0. The van der Waals surface area contributed by atoms with Crippen molar-refractivity contribution in [3.05, 3.63) is 99.8 Å². The number of benzene rings is 3. The Balaban J connectivity index is 1.79. The fraction of sp³-hybridized carbons (Fsp3) is 0.0455. The second-order valence-corrected chi connectivity index (χ2v) is 6.81. The Labute approximate surface area is 162 Å². The van der Waals surface area contributed by atoms with E-state index in [4.69, 9.17) is 28.2 Å². The molecule has 0 aliphatic carbocycles. The Morgan fingerprint density at radius 3 is 2.23 bits per heavy atom. The normalized spacial score (nSPS) is 11.5. The van der Waals surface area contributed by atoms with Gasteiger partial charge < -0.3 is 4.57 Å². The average molecular weight is 379 g/mol. The molecule has 0 N–H and O–H groups in total. The Morgan fingerprint density at radius 1 is 0.769 bits per heavy atom. The summed E-state index contributed by atoms with van der Waals surface area (Å²) < 4.78 is 2.20. The highest BCUT2D eigenvalue weighted by Crippen LogP contribution is 2.27. The van der Waals surface area contributed by atoms with Crippen molar-refractivity contribution in [2.45, 2.75) is 6.54 Å². The molecule has 4 aromatic rings. The first-order valence-electron chi connectivity index (χ1n) is 8.33. The molecule has 2 nitrogen and oxygen atoms in total. The summed E-state index contributed by atoms with van der Waals surface area (Å²) in [6.45, 7) is 0.747. The van der Waals surface area contributed by atoms with E-state index < -0.39 is 0 Å². The Bertz CT molecular complexity index is 1060. The summed E-state index contributed by atoms with van der Waals surface area (Å²) in [6.07, 6.45) is 3.89. The van der Waals surface area contributed by atoms with Crippen molar-refractivity contribution < 1.29 is 0 Å². The third-order valence-corrected chi connectivity index (χ3v) is 4.93. The summed E-state index contributed by atoms with van der Waals surface area (Å²) in [6, 6.07) is 24.0. The van der Waals surface area contributed by atoms with E-state index in [1.54, 1.807) is 0 Å². The molecule has 0 fully saturated rings. The Morgan fingerprint density at radius 2 is 1.46 bits per heavy atom. The molecule has 0 radical (unpaired) electrons. The molecule has 1 heterocycles. The summed E-state index contributed by atoms with van der Waals surface area (Å²) in [4.78, 5) is 4.77. The second kappa shape index (κ2) is 7.36. The summed E-state index contributed by atoms with van der Waals surface area (Å²) in [5, 5.41) is 1.25. The van der Waals surface area contributed by atoms with Crippen LogP contribution < -0.4 is 0 Å². The number of fused-ring (bicyclic) bond motifs is 1. The predicted octanol–water partition coefficient (Wildman–Crippen LogP) is 6.56. The van der Waals surface area contributed by atoms with Crippen LogP contribution in [0.4, 0.5) is 0 Å². The summed E-state index contributed by atoms with van der Waals surface area (Å²) >= 11 is 12.6. The van der Waals surface area contributed by atoms with Gasteiger partial charge in [-0.05, 0) is 42.0 Å². The van der Waals surface area contributed by atoms with Crippen molar-refractivity contribution in [3.63, 3.8) is 0 Å². The third-order valence-electron chi connectivity index (χ3n) is 4.27. The quantitative estimate of drug-likeness (QED) is 0.393. The minimum absolute atomic E-state index is 0.625. The molecule has 1 aromatic heterocycles. The molecule has 0 bridgehead atoms. The number of rotatable bonds is 4. The van der Waals surface area contributed by atoms with Gasteiger partial charge in [-0.15, -0.1) is 0 Å². The molecule has 0 unspecified atom stereocenters. The minimum atomic E-state index is 0.625. The molecule has 0 atom stereocenters. The standard InChI is InChI=1S/C22H16Cl2N2/c23-18-9-6-10-19(24)17(18)13-14-22-25-20-11-4-5-12-21(20)26(22)15-16-7-2-1-3-8-16/h1-14H,15H2. The van der Waals surface area contributed by atoms with Crippen LogP contribution in [0.1, 0.15) is 17.0 Å². The molecule has 4 rings (SSSR count). The molecule has 4 heteroatoms. The molecule has 3 aromatic carbocycles. The van der Waals surface area contributed by atoms with E-state index in [2.05, 4.69) is 22.8 Å².